The van der Waals surface area contributed by atoms with Gasteiger partial charge in [0.15, 0.2) is 0 Å². The van der Waals surface area contributed by atoms with Gasteiger partial charge in [0.2, 0.25) is 5.91 Å². The van der Waals surface area contributed by atoms with E-state index in [1.165, 1.54) is 18.4 Å². The van der Waals surface area contributed by atoms with E-state index in [-0.39, 0.29) is 25.5 Å². The van der Waals surface area contributed by atoms with Crippen LogP contribution in [0.25, 0.3) is 10.6 Å². The van der Waals surface area contributed by atoms with Crippen molar-refractivity contribution in [2.24, 2.45) is 0 Å². The van der Waals surface area contributed by atoms with Gasteiger partial charge in [-0.3, -0.25) is 4.79 Å². The third kappa shape index (κ3) is 4.78. The summed E-state index contributed by atoms with van der Waals surface area (Å²) in [6.07, 6.45) is -0.538. The predicted octanol–water partition coefficient (Wildman–Crippen LogP) is 2.13. The molecule has 1 amide bonds. The van der Waals surface area contributed by atoms with E-state index in [1.807, 2.05) is 29.6 Å². The van der Waals surface area contributed by atoms with Crippen LogP contribution in [0.3, 0.4) is 0 Å². The normalized spacial score (nSPS) is 12.1. The van der Waals surface area contributed by atoms with E-state index in [9.17, 15) is 9.90 Å². The molecule has 1 unspecified atom stereocenters. The fourth-order valence-corrected chi connectivity index (χ4v) is 3.00. The summed E-state index contributed by atoms with van der Waals surface area (Å²) in [5.41, 5.74) is 1.54. The zero-order valence-electron chi connectivity index (χ0n) is 12.1. The van der Waals surface area contributed by atoms with Crippen molar-refractivity contribution in [1.29, 1.82) is 0 Å². The van der Waals surface area contributed by atoms with Crippen molar-refractivity contribution in [3.63, 3.8) is 0 Å². The summed E-state index contributed by atoms with van der Waals surface area (Å²) in [6.45, 7) is 0.349. The largest absolute Gasteiger partial charge is 0.389 e. The lowest BCUT2D eigenvalue weighted by Crippen LogP contribution is -2.35. The number of halogens is 1. The molecule has 0 radical (unpaired) electrons. The Hall–Kier alpha value is -1.47. The van der Waals surface area contributed by atoms with Crippen molar-refractivity contribution in [2.45, 2.75) is 12.5 Å². The number of hydrogen-bond donors (Lipinski definition) is 2. The van der Waals surface area contributed by atoms with Crippen molar-refractivity contribution in [3.8, 4) is 10.6 Å². The van der Waals surface area contributed by atoms with E-state index in [2.05, 4.69) is 10.3 Å². The summed E-state index contributed by atoms with van der Waals surface area (Å²) in [6, 6.07) is 7.46. The second-order valence-electron chi connectivity index (χ2n) is 4.71. The summed E-state index contributed by atoms with van der Waals surface area (Å²) in [5.74, 6) is -0.189. The number of carbonyl (C=O) groups is 1. The van der Waals surface area contributed by atoms with Crippen molar-refractivity contribution in [3.05, 3.63) is 40.4 Å². The molecule has 0 aliphatic rings. The van der Waals surface area contributed by atoms with Crippen LogP contribution in [-0.2, 0) is 16.0 Å². The number of thiazole rings is 1. The topological polar surface area (TPSA) is 71.5 Å². The van der Waals surface area contributed by atoms with Crippen molar-refractivity contribution in [1.82, 2.24) is 10.3 Å². The number of nitrogens with zero attached hydrogens (tertiary/aromatic N) is 1. The molecule has 1 aromatic carbocycles. The minimum absolute atomic E-state index is 0.161. The minimum Gasteiger partial charge on any atom is -0.389 e. The Labute approximate surface area is 137 Å². The Morgan fingerprint density at radius 3 is 3.00 bits per heavy atom. The quantitative estimate of drug-likeness (QED) is 0.810. The van der Waals surface area contributed by atoms with Gasteiger partial charge in [-0.15, -0.1) is 11.3 Å². The van der Waals surface area contributed by atoms with E-state index in [1.54, 1.807) is 0 Å². The average Bonchev–Trinajstić information content (AvgIpc) is 2.94. The highest BCUT2D eigenvalue weighted by Gasteiger charge is 2.12. The minimum atomic E-state index is -0.705. The Morgan fingerprint density at radius 1 is 1.50 bits per heavy atom. The van der Waals surface area contributed by atoms with Gasteiger partial charge in [-0.1, -0.05) is 29.8 Å². The van der Waals surface area contributed by atoms with Gasteiger partial charge in [0.1, 0.15) is 5.01 Å². The number of amides is 1. The fraction of sp³-hybridized carbons (Fsp3) is 0.333. The maximum atomic E-state index is 11.8. The first-order valence-corrected chi connectivity index (χ1v) is 7.99. The lowest BCUT2D eigenvalue weighted by molar-refractivity contribution is -0.121. The molecule has 118 valence electrons. The van der Waals surface area contributed by atoms with Gasteiger partial charge < -0.3 is 15.2 Å². The second kappa shape index (κ2) is 8.24. The van der Waals surface area contributed by atoms with E-state index >= 15 is 0 Å². The summed E-state index contributed by atoms with van der Waals surface area (Å²) < 4.78 is 4.79. The number of nitrogens with one attached hydrogen (secondary N) is 1. The van der Waals surface area contributed by atoms with Crippen LogP contribution in [0.1, 0.15) is 5.69 Å². The summed E-state index contributed by atoms with van der Waals surface area (Å²) in [5, 5.41) is 15.4. The first-order valence-electron chi connectivity index (χ1n) is 6.73. The van der Waals surface area contributed by atoms with Gasteiger partial charge in [0.05, 0.1) is 29.8 Å². The van der Waals surface area contributed by atoms with Crippen molar-refractivity contribution >= 4 is 28.8 Å². The molecule has 0 aliphatic heterocycles. The zero-order chi connectivity index (χ0) is 15.9. The summed E-state index contributed by atoms with van der Waals surface area (Å²) >= 11 is 7.58. The zero-order valence-corrected chi connectivity index (χ0v) is 13.7. The molecule has 0 spiro atoms. The van der Waals surface area contributed by atoms with Crippen LogP contribution in [0, 0.1) is 0 Å². The number of carbonyl (C=O) groups excluding carboxylic acids is 1. The number of hydrogen-bond acceptors (Lipinski definition) is 5. The number of methoxy groups -OCH3 is 1. The van der Waals surface area contributed by atoms with E-state index in [0.717, 1.165) is 10.6 Å². The molecule has 0 saturated heterocycles. The molecule has 1 atom stereocenters. The van der Waals surface area contributed by atoms with Crippen LogP contribution in [0.4, 0.5) is 0 Å². The van der Waals surface area contributed by atoms with Crippen LogP contribution in [-0.4, -0.2) is 42.4 Å². The summed E-state index contributed by atoms with van der Waals surface area (Å²) in [7, 11) is 1.50. The first-order chi connectivity index (χ1) is 10.6. The monoisotopic (exact) mass is 340 g/mol. The molecule has 2 N–H and O–H groups in total. The number of aliphatic hydroxyl groups excluding tert-OH is 1. The molecule has 1 aromatic heterocycles. The maximum absolute atomic E-state index is 11.8. The average molecular weight is 341 g/mol. The molecule has 22 heavy (non-hydrogen) atoms. The lowest BCUT2D eigenvalue weighted by atomic mass is 10.2. The molecule has 2 rings (SSSR count). The molecule has 1 heterocycles. The van der Waals surface area contributed by atoms with Crippen molar-refractivity contribution in [2.75, 3.05) is 20.3 Å². The third-order valence-electron chi connectivity index (χ3n) is 2.89. The van der Waals surface area contributed by atoms with Crippen LogP contribution in [0.15, 0.2) is 29.6 Å². The van der Waals surface area contributed by atoms with Crippen LogP contribution in [0.2, 0.25) is 5.02 Å². The number of benzene rings is 1. The fourth-order valence-electron chi connectivity index (χ4n) is 1.86. The molecule has 0 saturated carbocycles. The van der Waals surface area contributed by atoms with Gasteiger partial charge in [-0.25, -0.2) is 4.98 Å². The van der Waals surface area contributed by atoms with Crippen LogP contribution in [0.5, 0.6) is 0 Å². The van der Waals surface area contributed by atoms with Crippen molar-refractivity contribution < 1.29 is 14.6 Å². The highest BCUT2D eigenvalue weighted by molar-refractivity contribution is 7.13. The molecule has 0 bridgehead atoms. The van der Waals surface area contributed by atoms with Gasteiger partial charge >= 0.3 is 0 Å². The first kappa shape index (κ1) is 16.9. The summed E-state index contributed by atoms with van der Waals surface area (Å²) in [4.78, 5) is 16.2. The number of ether oxygens (including phenoxy) is 1. The molecule has 2 aromatic rings. The van der Waals surface area contributed by atoms with Crippen LogP contribution >= 0.6 is 22.9 Å². The number of rotatable bonds is 7. The maximum Gasteiger partial charge on any atom is 0.226 e. The Balaban J connectivity index is 1.92. The molecular formula is C15H17ClN2O3S. The van der Waals surface area contributed by atoms with Gasteiger partial charge in [-0.2, -0.15) is 0 Å². The second-order valence-corrected chi connectivity index (χ2v) is 5.98. The van der Waals surface area contributed by atoms with Crippen LogP contribution < -0.4 is 5.32 Å². The molecule has 0 aliphatic carbocycles. The van der Waals surface area contributed by atoms with Gasteiger partial charge in [-0.05, 0) is 6.07 Å². The predicted molar refractivity (Wildman–Crippen MR) is 87.2 cm³/mol. The van der Waals surface area contributed by atoms with E-state index in [4.69, 9.17) is 16.3 Å². The highest BCUT2D eigenvalue weighted by Crippen LogP contribution is 2.30. The lowest BCUT2D eigenvalue weighted by Gasteiger charge is -2.10. The SMILES string of the molecule is COCC(O)CNC(=O)Cc1csc(-c2ccccc2Cl)n1. The Morgan fingerprint density at radius 2 is 2.27 bits per heavy atom. The molecule has 0 fully saturated rings. The molecular weight excluding hydrogens is 324 g/mol. The van der Waals surface area contributed by atoms with E-state index in [0.29, 0.717) is 10.7 Å². The molecule has 5 nitrogen and oxygen atoms in total. The smallest absolute Gasteiger partial charge is 0.226 e. The number of aromatic nitrogens is 1. The van der Waals surface area contributed by atoms with E-state index < -0.39 is 6.10 Å². The standard InChI is InChI=1S/C15H17ClN2O3S/c1-21-8-11(19)7-17-14(20)6-10-9-22-15(18-10)12-4-2-3-5-13(12)16/h2-5,9,11,19H,6-8H2,1H3,(H,17,20). The molecule has 7 heteroatoms. The van der Waals surface area contributed by atoms with Gasteiger partial charge in [0, 0.05) is 24.6 Å². The Kier molecular flexibility index (Phi) is 6.33. The van der Waals surface area contributed by atoms with Gasteiger partial charge in [0.25, 0.3) is 0 Å². The number of aliphatic hydroxyl groups is 1. The highest BCUT2D eigenvalue weighted by atomic mass is 35.5. The Bertz CT molecular complexity index is 633. The third-order valence-corrected chi connectivity index (χ3v) is 4.15.